The van der Waals surface area contributed by atoms with E-state index >= 15 is 0 Å². The average molecular weight is 444 g/mol. The molecule has 2 aliphatic rings. The lowest BCUT2D eigenvalue weighted by Crippen LogP contribution is -2.14. The second-order valence-electron chi connectivity index (χ2n) is 8.16. The highest BCUT2D eigenvalue weighted by Crippen LogP contribution is 2.39. The van der Waals surface area contributed by atoms with Crippen molar-refractivity contribution in [1.29, 1.82) is 0 Å². The molecule has 1 unspecified atom stereocenters. The molecule has 160 valence electrons. The largest absolute Gasteiger partial charge is 0.454 e. The molecule has 1 amide bonds. The number of amides is 1. The molecule has 32 heavy (non-hydrogen) atoms. The van der Waals surface area contributed by atoms with E-state index in [0.29, 0.717) is 33.7 Å². The number of hydrogen-bond acceptors (Lipinski definition) is 6. The maximum atomic E-state index is 13.0. The van der Waals surface area contributed by atoms with E-state index < -0.39 is 0 Å². The van der Waals surface area contributed by atoms with E-state index in [-0.39, 0.29) is 12.7 Å². The van der Waals surface area contributed by atoms with E-state index in [9.17, 15) is 4.79 Å². The second-order valence-corrected chi connectivity index (χ2v) is 9.16. The van der Waals surface area contributed by atoms with Gasteiger partial charge < -0.3 is 20.5 Å². The molecule has 0 fully saturated rings. The summed E-state index contributed by atoms with van der Waals surface area (Å²) < 4.78 is 10.7. The van der Waals surface area contributed by atoms with E-state index in [1.165, 1.54) is 22.5 Å². The van der Waals surface area contributed by atoms with Gasteiger partial charge in [0.15, 0.2) is 11.5 Å². The van der Waals surface area contributed by atoms with E-state index in [0.717, 1.165) is 35.2 Å². The molecule has 0 bridgehead atoms. The predicted molar refractivity (Wildman–Crippen MR) is 126 cm³/mol. The van der Waals surface area contributed by atoms with Crippen LogP contribution in [0, 0.1) is 0 Å². The number of nitrogens with two attached hydrogens (primary N) is 1. The maximum absolute atomic E-state index is 13.0. The number of nitrogens with one attached hydrogen (secondary N) is 1. The lowest BCUT2D eigenvalue weighted by molar-refractivity contribution is 0.103. The molecule has 3 N–H and O–H groups in total. The zero-order valence-corrected chi connectivity index (χ0v) is 18.1. The van der Waals surface area contributed by atoms with E-state index in [4.69, 9.17) is 20.2 Å². The van der Waals surface area contributed by atoms with Gasteiger partial charge in [0.05, 0.1) is 5.69 Å². The van der Waals surface area contributed by atoms with Crippen LogP contribution in [-0.2, 0) is 12.8 Å². The molecule has 4 aromatic rings. The summed E-state index contributed by atoms with van der Waals surface area (Å²) in [5, 5.41) is 3.78. The zero-order valence-electron chi connectivity index (χ0n) is 17.3. The van der Waals surface area contributed by atoms with Crippen LogP contribution < -0.4 is 20.5 Å². The summed E-state index contributed by atoms with van der Waals surface area (Å²) in [5.74, 6) is 1.53. The monoisotopic (exact) mass is 443 g/mol. The summed E-state index contributed by atoms with van der Waals surface area (Å²) in [6.07, 6.45) is 2.95. The topological polar surface area (TPSA) is 86.5 Å². The van der Waals surface area contributed by atoms with Gasteiger partial charge in [0, 0.05) is 22.8 Å². The highest BCUT2D eigenvalue weighted by molar-refractivity contribution is 7.21. The summed E-state index contributed by atoms with van der Waals surface area (Å²) in [7, 11) is 0. The highest BCUT2D eigenvalue weighted by Gasteiger charge is 2.25. The number of pyridine rings is 1. The van der Waals surface area contributed by atoms with Crippen LogP contribution in [-0.4, -0.2) is 17.7 Å². The Balaban J connectivity index is 1.29. The molecule has 1 aliphatic carbocycles. The van der Waals surface area contributed by atoms with Crippen LogP contribution in [0.2, 0.25) is 0 Å². The minimum atomic E-state index is -0.246. The van der Waals surface area contributed by atoms with Crippen molar-refractivity contribution in [2.24, 2.45) is 0 Å². The minimum Gasteiger partial charge on any atom is -0.454 e. The van der Waals surface area contributed by atoms with E-state index in [2.05, 4.69) is 35.6 Å². The molecule has 6 nitrogen and oxygen atoms in total. The van der Waals surface area contributed by atoms with Crippen LogP contribution in [0.15, 0.2) is 54.6 Å². The van der Waals surface area contributed by atoms with Gasteiger partial charge in [-0.05, 0) is 54.5 Å². The number of anilines is 2. The van der Waals surface area contributed by atoms with Crippen molar-refractivity contribution in [1.82, 2.24) is 4.98 Å². The van der Waals surface area contributed by atoms with Crippen LogP contribution in [0.5, 0.6) is 11.5 Å². The van der Waals surface area contributed by atoms with Crippen LogP contribution in [0.3, 0.4) is 0 Å². The Morgan fingerprint density at radius 1 is 1.09 bits per heavy atom. The SMILES string of the molecule is Nc1c(C(=O)Nc2ccc3c(c2)OCO3)sc2nc3c(cc12)CC(c1ccccc1)CC3. The highest BCUT2D eigenvalue weighted by atomic mass is 32.1. The smallest absolute Gasteiger partial charge is 0.267 e. The van der Waals surface area contributed by atoms with Crippen molar-refractivity contribution in [2.45, 2.75) is 25.2 Å². The number of fused-ring (bicyclic) bond motifs is 3. The predicted octanol–water partition coefficient (Wildman–Crippen LogP) is 5.13. The Hall–Kier alpha value is -3.58. The van der Waals surface area contributed by atoms with Gasteiger partial charge in [-0.25, -0.2) is 4.98 Å². The van der Waals surface area contributed by atoms with Gasteiger partial charge in [-0.15, -0.1) is 11.3 Å². The molecular formula is C25H21N3O3S. The van der Waals surface area contributed by atoms with Crippen LogP contribution in [0.4, 0.5) is 11.4 Å². The number of thiophene rings is 1. The third-order valence-electron chi connectivity index (χ3n) is 6.19. The lowest BCUT2D eigenvalue weighted by Gasteiger charge is -2.24. The number of aromatic nitrogens is 1. The maximum Gasteiger partial charge on any atom is 0.267 e. The van der Waals surface area contributed by atoms with Crippen molar-refractivity contribution in [2.75, 3.05) is 17.8 Å². The number of nitrogen functional groups attached to an aromatic ring is 1. The fraction of sp³-hybridized carbons (Fsp3) is 0.200. The Kier molecular flexibility index (Phi) is 4.50. The molecule has 0 spiro atoms. The average Bonchev–Trinajstić information content (AvgIpc) is 3.42. The third kappa shape index (κ3) is 3.26. The fourth-order valence-electron chi connectivity index (χ4n) is 4.53. The molecule has 7 heteroatoms. The first-order valence-electron chi connectivity index (χ1n) is 10.6. The Morgan fingerprint density at radius 3 is 2.81 bits per heavy atom. The van der Waals surface area contributed by atoms with Gasteiger partial charge in [0.25, 0.3) is 5.91 Å². The number of benzene rings is 2. The van der Waals surface area contributed by atoms with Crippen molar-refractivity contribution in [3.63, 3.8) is 0 Å². The van der Waals surface area contributed by atoms with Gasteiger partial charge in [0.1, 0.15) is 9.71 Å². The normalized spacial score (nSPS) is 16.7. The number of hydrogen-bond donors (Lipinski definition) is 2. The summed E-state index contributed by atoms with van der Waals surface area (Å²) in [4.78, 5) is 19.2. The molecule has 2 aromatic heterocycles. The summed E-state index contributed by atoms with van der Waals surface area (Å²) in [6.45, 7) is 0.192. The quantitative estimate of drug-likeness (QED) is 0.458. The minimum absolute atomic E-state index is 0.192. The molecule has 0 saturated heterocycles. The summed E-state index contributed by atoms with van der Waals surface area (Å²) >= 11 is 1.34. The van der Waals surface area contributed by atoms with Crippen LogP contribution >= 0.6 is 11.3 Å². The molecule has 2 aromatic carbocycles. The number of nitrogens with zero attached hydrogens (tertiary/aromatic N) is 1. The van der Waals surface area contributed by atoms with Gasteiger partial charge in [-0.3, -0.25) is 4.79 Å². The number of carbonyl (C=O) groups is 1. The molecule has 1 atom stereocenters. The first kappa shape index (κ1) is 19.1. The van der Waals surface area contributed by atoms with Gasteiger partial charge >= 0.3 is 0 Å². The number of rotatable bonds is 3. The van der Waals surface area contributed by atoms with Crippen LogP contribution in [0.25, 0.3) is 10.2 Å². The molecule has 0 radical (unpaired) electrons. The first-order chi connectivity index (χ1) is 15.7. The van der Waals surface area contributed by atoms with E-state index in [1.807, 2.05) is 6.07 Å². The molecule has 1 aliphatic heterocycles. The Labute approximate surface area is 189 Å². The standard InChI is InChI=1S/C25H21N3O3S/c26-22-18-11-16-10-15(14-4-2-1-3-5-14)6-8-19(16)28-25(18)32-23(22)24(29)27-17-7-9-20-21(12-17)31-13-30-20/h1-5,7,9,11-12,15H,6,8,10,13,26H2,(H,27,29). The molecule has 0 saturated carbocycles. The van der Waals surface area contributed by atoms with Gasteiger partial charge in [-0.1, -0.05) is 30.3 Å². The molecular weight excluding hydrogens is 422 g/mol. The molecule has 3 heterocycles. The third-order valence-corrected chi connectivity index (χ3v) is 7.31. The second kappa shape index (κ2) is 7.53. The Morgan fingerprint density at radius 2 is 1.94 bits per heavy atom. The fourth-order valence-corrected chi connectivity index (χ4v) is 5.52. The van der Waals surface area contributed by atoms with Crippen molar-refractivity contribution in [3.8, 4) is 11.5 Å². The lowest BCUT2D eigenvalue weighted by atomic mass is 9.82. The number of aryl methyl sites for hydroxylation is 1. The van der Waals surface area contributed by atoms with Crippen molar-refractivity contribution < 1.29 is 14.3 Å². The van der Waals surface area contributed by atoms with Crippen molar-refractivity contribution in [3.05, 3.63) is 76.3 Å². The number of ether oxygens (including phenoxy) is 2. The van der Waals surface area contributed by atoms with E-state index in [1.54, 1.807) is 18.2 Å². The van der Waals surface area contributed by atoms with Gasteiger partial charge in [0.2, 0.25) is 6.79 Å². The van der Waals surface area contributed by atoms with Crippen molar-refractivity contribution >= 4 is 38.8 Å². The van der Waals surface area contributed by atoms with Gasteiger partial charge in [-0.2, -0.15) is 0 Å². The van der Waals surface area contributed by atoms with Crippen LogP contribution in [0.1, 0.15) is 38.8 Å². The first-order valence-corrected chi connectivity index (χ1v) is 11.4. The summed E-state index contributed by atoms with van der Waals surface area (Å²) in [6, 6.07) is 18.1. The summed E-state index contributed by atoms with van der Waals surface area (Å²) in [5.41, 5.74) is 11.3. The molecule has 6 rings (SSSR count). The number of carbonyl (C=O) groups excluding carboxylic acids is 1. The zero-order chi connectivity index (χ0) is 21.7. The Bertz CT molecular complexity index is 1350.